The van der Waals surface area contributed by atoms with E-state index in [9.17, 15) is 13.2 Å². The molecule has 132 valence electrons. The van der Waals surface area contributed by atoms with Gasteiger partial charge in [0.15, 0.2) is 0 Å². The molecule has 2 heterocycles. The van der Waals surface area contributed by atoms with Gasteiger partial charge < -0.3 is 4.90 Å². The molecule has 1 amide bonds. The molecular weight excluding hydrogens is 362 g/mol. The Morgan fingerprint density at radius 2 is 1.76 bits per heavy atom. The monoisotopic (exact) mass is 379 g/mol. The highest BCUT2D eigenvalue weighted by Crippen LogP contribution is 2.17. The number of aromatic nitrogens is 1. The zero-order chi connectivity index (χ0) is 17.9. The van der Waals surface area contributed by atoms with E-state index in [0.717, 1.165) is 0 Å². The van der Waals surface area contributed by atoms with Gasteiger partial charge in [-0.3, -0.25) is 9.78 Å². The lowest BCUT2D eigenvalue weighted by Gasteiger charge is -2.34. The number of halogens is 1. The minimum absolute atomic E-state index is 0.0687. The summed E-state index contributed by atoms with van der Waals surface area (Å²) in [6.45, 7) is 1.32. The minimum atomic E-state index is -3.42. The lowest BCUT2D eigenvalue weighted by Crippen LogP contribution is -2.50. The second kappa shape index (κ2) is 7.51. The van der Waals surface area contributed by atoms with Crippen molar-refractivity contribution in [3.8, 4) is 0 Å². The number of hydrogen-bond donors (Lipinski definition) is 0. The second-order valence-corrected chi connectivity index (χ2v) is 8.22. The summed E-state index contributed by atoms with van der Waals surface area (Å²) in [6, 6.07) is 10.2. The molecule has 1 aliphatic heterocycles. The number of carbonyl (C=O) groups excluding carboxylic acids is 1. The number of benzene rings is 1. The smallest absolute Gasteiger partial charge is 0.255 e. The first-order chi connectivity index (χ1) is 12.0. The van der Waals surface area contributed by atoms with Crippen LogP contribution in [0.5, 0.6) is 0 Å². The summed E-state index contributed by atoms with van der Waals surface area (Å²) in [4.78, 5) is 18.0. The summed E-state index contributed by atoms with van der Waals surface area (Å²) in [5, 5.41) is 0.573. The van der Waals surface area contributed by atoms with E-state index >= 15 is 0 Å². The molecular formula is C17H18ClN3O3S. The maximum atomic E-state index is 12.6. The molecule has 2 aromatic rings. The number of pyridine rings is 1. The third-order valence-electron chi connectivity index (χ3n) is 4.09. The molecule has 1 saturated heterocycles. The molecule has 0 aliphatic carbocycles. The fraction of sp³-hybridized carbons (Fsp3) is 0.294. The highest BCUT2D eigenvalue weighted by Gasteiger charge is 2.29. The van der Waals surface area contributed by atoms with Gasteiger partial charge in [0.1, 0.15) is 0 Å². The molecule has 3 rings (SSSR count). The predicted molar refractivity (Wildman–Crippen MR) is 95.8 cm³/mol. The summed E-state index contributed by atoms with van der Waals surface area (Å²) in [5.74, 6) is -0.191. The Labute approximate surface area is 152 Å². The molecule has 0 spiro atoms. The average Bonchev–Trinajstić information content (AvgIpc) is 2.64. The predicted octanol–water partition coefficient (Wildman–Crippen LogP) is 2.02. The van der Waals surface area contributed by atoms with Gasteiger partial charge in [-0.2, -0.15) is 4.31 Å². The van der Waals surface area contributed by atoms with E-state index in [-0.39, 0.29) is 11.7 Å². The molecule has 0 radical (unpaired) electrons. The van der Waals surface area contributed by atoms with Crippen molar-refractivity contribution in [3.63, 3.8) is 0 Å². The van der Waals surface area contributed by atoms with Crippen LogP contribution in [0.4, 0.5) is 0 Å². The van der Waals surface area contributed by atoms with Crippen LogP contribution in [-0.4, -0.2) is 54.7 Å². The van der Waals surface area contributed by atoms with Gasteiger partial charge in [0.2, 0.25) is 10.0 Å². The Balaban J connectivity index is 1.61. The molecule has 25 heavy (non-hydrogen) atoms. The molecule has 0 unspecified atom stereocenters. The van der Waals surface area contributed by atoms with E-state index < -0.39 is 10.0 Å². The number of nitrogens with zero attached hydrogens (tertiary/aromatic N) is 3. The van der Waals surface area contributed by atoms with Crippen molar-refractivity contribution in [2.45, 2.75) is 5.75 Å². The van der Waals surface area contributed by atoms with Crippen molar-refractivity contribution in [2.24, 2.45) is 0 Å². The van der Waals surface area contributed by atoms with Crippen molar-refractivity contribution in [2.75, 3.05) is 26.2 Å². The van der Waals surface area contributed by atoms with Crippen LogP contribution < -0.4 is 0 Å². The zero-order valence-electron chi connectivity index (χ0n) is 13.5. The third-order valence-corrected chi connectivity index (χ3v) is 6.19. The van der Waals surface area contributed by atoms with Crippen molar-refractivity contribution < 1.29 is 13.2 Å². The third kappa shape index (κ3) is 4.36. The van der Waals surface area contributed by atoms with E-state index in [4.69, 9.17) is 11.6 Å². The van der Waals surface area contributed by atoms with Gasteiger partial charge >= 0.3 is 0 Å². The van der Waals surface area contributed by atoms with Gasteiger partial charge in [-0.1, -0.05) is 23.7 Å². The van der Waals surface area contributed by atoms with Gasteiger partial charge in [0.25, 0.3) is 5.91 Å². The summed E-state index contributed by atoms with van der Waals surface area (Å²) in [7, 11) is -3.42. The fourth-order valence-corrected chi connectivity index (χ4v) is 4.37. The molecule has 1 aromatic carbocycles. The summed E-state index contributed by atoms with van der Waals surface area (Å²) >= 11 is 5.83. The first kappa shape index (κ1) is 17.8. The quantitative estimate of drug-likeness (QED) is 0.814. The molecule has 0 bridgehead atoms. The zero-order valence-corrected chi connectivity index (χ0v) is 15.1. The van der Waals surface area contributed by atoms with Gasteiger partial charge in [-0.05, 0) is 29.8 Å². The van der Waals surface area contributed by atoms with Crippen LogP contribution in [0.15, 0.2) is 48.8 Å². The van der Waals surface area contributed by atoms with Gasteiger partial charge in [0, 0.05) is 43.6 Å². The largest absolute Gasteiger partial charge is 0.336 e. The van der Waals surface area contributed by atoms with Crippen molar-refractivity contribution >= 4 is 27.5 Å². The number of piperazine rings is 1. The Bertz CT molecular complexity index is 833. The maximum absolute atomic E-state index is 12.6. The van der Waals surface area contributed by atoms with Gasteiger partial charge in [-0.15, -0.1) is 0 Å². The Kier molecular flexibility index (Phi) is 5.36. The lowest BCUT2D eigenvalue weighted by atomic mass is 10.2. The number of sulfonamides is 1. The molecule has 1 aliphatic rings. The SMILES string of the molecule is O=C(c1cccnc1)N1CCN(S(=O)(=O)Cc2ccc(Cl)cc2)CC1. The maximum Gasteiger partial charge on any atom is 0.255 e. The number of amides is 1. The molecule has 8 heteroatoms. The van der Waals surface area contributed by atoms with E-state index in [1.165, 1.54) is 10.5 Å². The number of hydrogen-bond acceptors (Lipinski definition) is 4. The van der Waals surface area contributed by atoms with E-state index in [2.05, 4.69) is 4.98 Å². The van der Waals surface area contributed by atoms with Crippen molar-refractivity contribution in [3.05, 3.63) is 64.9 Å². The first-order valence-corrected chi connectivity index (χ1v) is 9.86. The van der Waals surface area contributed by atoms with Crippen molar-refractivity contribution in [1.29, 1.82) is 0 Å². The molecule has 6 nitrogen and oxygen atoms in total. The number of carbonyl (C=O) groups is 1. The molecule has 0 N–H and O–H groups in total. The minimum Gasteiger partial charge on any atom is -0.336 e. The fourth-order valence-electron chi connectivity index (χ4n) is 2.72. The molecule has 1 aromatic heterocycles. The van der Waals surface area contributed by atoms with Gasteiger partial charge in [0.05, 0.1) is 11.3 Å². The normalized spacial score (nSPS) is 16.0. The van der Waals surface area contributed by atoms with Crippen LogP contribution in [0.2, 0.25) is 5.02 Å². The highest BCUT2D eigenvalue weighted by atomic mass is 35.5. The van der Waals surface area contributed by atoms with E-state index in [1.54, 1.807) is 47.5 Å². The molecule has 1 fully saturated rings. The van der Waals surface area contributed by atoms with E-state index in [0.29, 0.717) is 42.3 Å². The van der Waals surface area contributed by atoms with E-state index in [1.807, 2.05) is 0 Å². The van der Waals surface area contributed by atoms with Crippen LogP contribution in [0.3, 0.4) is 0 Å². The topological polar surface area (TPSA) is 70.6 Å². The summed E-state index contributed by atoms with van der Waals surface area (Å²) in [5.41, 5.74) is 1.21. The van der Waals surface area contributed by atoms with Crippen LogP contribution in [-0.2, 0) is 15.8 Å². The lowest BCUT2D eigenvalue weighted by molar-refractivity contribution is 0.0697. The van der Waals surface area contributed by atoms with Crippen LogP contribution >= 0.6 is 11.6 Å². The Morgan fingerprint density at radius 3 is 2.36 bits per heavy atom. The Hall–Kier alpha value is -1.96. The molecule has 0 saturated carbocycles. The van der Waals surface area contributed by atoms with Crippen LogP contribution in [0, 0.1) is 0 Å². The highest BCUT2D eigenvalue weighted by molar-refractivity contribution is 7.88. The van der Waals surface area contributed by atoms with Crippen molar-refractivity contribution in [1.82, 2.24) is 14.2 Å². The summed E-state index contributed by atoms with van der Waals surface area (Å²) in [6.07, 6.45) is 3.13. The second-order valence-electron chi connectivity index (χ2n) is 5.82. The summed E-state index contributed by atoms with van der Waals surface area (Å²) < 4.78 is 26.6. The van der Waals surface area contributed by atoms with Crippen LogP contribution in [0.1, 0.15) is 15.9 Å². The Morgan fingerprint density at radius 1 is 1.08 bits per heavy atom. The average molecular weight is 380 g/mol. The number of rotatable bonds is 4. The van der Waals surface area contributed by atoms with Crippen LogP contribution in [0.25, 0.3) is 0 Å². The molecule has 0 atom stereocenters. The first-order valence-electron chi connectivity index (χ1n) is 7.87. The van der Waals surface area contributed by atoms with Gasteiger partial charge in [-0.25, -0.2) is 8.42 Å². The standard InChI is InChI=1S/C17H18ClN3O3S/c18-16-5-3-14(4-6-16)13-25(23,24)21-10-8-20(9-11-21)17(22)15-2-1-7-19-12-15/h1-7,12H,8-11,13H2.